The summed E-state index contributed by atoms with van der Waals surface area (Å²) < 4.78 is 77.8. The van der Waals surface area contributed by atoms with Gasteiger partial charge in [0.1, 0.15) is 146 Å². The van der Waals surface area contributed by atoms with Gasteiger partial charge in [-0.25, -0.2) is 4.57 Å². The van der Waals surface area contributed by atoms with E-state index >= 15 is 0 Å². The summed E-state index contributed by atoms with van der Waals surface area (Å²) in [5, 5.41) is 201. The van der Waals surface area contributed by atoms with E-state index in [-0.39, 0.29) is 0 Å². The van der Waals surface area contributed by atoms with Crippen LogP contribution in [0.5, 0.6) is 0 Å². The molecule has 6 saturated heterocycles. The third-order valence-electron chi connectivity index (χ3n) is 12.6. The molecule has 35 heteroatoms. The first-order valence-corrected chi connectivity index (χ1v) is 23.4. The average molecular weight is 1070 g/mol. The summed E-state index contributed by atoms with van der Waals surface area (Å²) in [6.07, 6.45) is -61.0. The van der Waals surface area contributed by atoms with Crippen molar-refractivity contribution in [3.8, 4) is 0 Å². The second kappa shape index (κ2) is 24.9. The lowest BCUT2D eigenvalue weighted by molar-refractivity contribution is -0.408. The SMILES string of the molecule is O=P(O)(O)OC[C@H]1O[C@H](O[C@@H]2[C@@H](O[C@@H]3[C@@H](OC[C@H]4O[C@H](O)[C@@H](O)[C@@H](O)[C@@H]4O)O[C@H](CO[C@H]4O[C@H](CO)[C@@H](O)[C@H](O)[C@@H]4O)[C@@H](O)[C@@H]3O)O[C@H](CO)[C@@H](O)[C@@H]2O)[C@@H](O[C@H]2O[C@H](CO)[C@@H](O)[C@H](O)[C@@H]2O)[C@@H](O)[C@@H]1O. The van der Waals surface area contributed by atoms with Crippen molar-refractivity contribution in [2.24, 2.45) is 0 Å². The number of hydrogen-bond acceptors (Lipinski definition) is 32. The Kier molecular flexibility index (Phi) is 20.8. The second-order valence-electron chi connectivity index (χ2n) is 17.4. The average Bonchev–Trinajstić information content (AvgIpc) is 3.33. The molecule has 21 N–H and O–H groups in total. The Morgan fingerprint density at radius 3 is 1.11 bits per heavy atom. The predicted octanol–water partition coefficient (Wildman–Crippen LogP) is -14.0. The van der Waals surface area contributed by atoms with Gasteiger partial charge >= 0.3 is 7.82 Å². The van der Waals surface area contributed by atoms with E-state index in [0.717, 1.165) is 0 Å². The van der Waals surface area contributed by atoms with Gasteiger partial charge < -0.3 is 159 Å². The minimum absolute atomic E-state index is 0.861. The maximum atomic E-state index is 11.7. The Morgan fingerprint density at radius 2 is 0.634 bits per heavy atom. The van der Waals surface area contributed by atoms with Crippen LogP contribution in [0.25, 0.3) is 0 Å². The molecule has 0 saturated carbocycles. The van der Waals surface area contributed by atoms with Crippen molar-refractivity contribution in [2.75, 3.05) is 39.6 Å². The molecule has 6 heterocycles. The van der Waals surface area contributed by atoms with E-state index in [1.165, 1.54) is 0 Å². The topological polar surface area (TPSA) is 553 Å². The summed E-state index contributed by atoms with van der Waals surface area (Å²) >= 11 is 0. The lowest BCUT2D eigenvalue weighted by Gasteiger charge is -2.50. The van der Waals surface area contributed by atoms with E-state index in [4.69, 9.17) is 52.1 Å². The Balaban J connectivity index is 1.30. The van der Waals surface area contributed by atoms with Crippen molar-refractivity contribution in [1.82, 2.24) is 0 Å². The van der Waals surface area contributed by atoms with Gasteiger partial charge in [0.15, 0.2) is 37.7 Å². The smallest absolute Gasteiger partial charge is 0.394 e. The Hall–Kier alpha value is -1.09. The number of hydrogen-bond donors (Lipinski definition) is 21. The Labute approximate surface area is 399 Å². The first-order chi connectivity index (χ1) is 33.3. The normalized spacial score (nSPS) is 51.3. The molecule has 6 aliphatic rings. The highest BCUT2D eigenvalue weighted by molar-refractivity contribution is 7.46. The summed E-state index contributed by atoms with van der Waals surface area (Å²) in [5.41, 5.74) is 0. The van der Waals surface area contributed by atoms with Gasteiger partial charge in [0.2, 0.25) is 0 Å². The molecule has 6 aliphatic heterocycles. The molecule has 0 spiro atoms. The molecule has 71 heavy (non-hydrogen) atoms. The third-order valence-corrected chi connectivity index (χ3v) is 13.1. The van der Waals surface area contributed by atoms with Crippen LogP contribution in [0.2, 0.25) is 0 Å². The van der Waals surface area contributed by atoms with Crippen molar-refractivity contribution >= 4 is 7.82 Å². The van der Waals surface area contributed by atoms with Crippen LogP contribution in [-0.4, -0.2) is 331 Å². The van der Waals surface area contributed by atoms with E-state index in [1.54, 1.807) is 0 Å². The fourth-order valence-electron chi connectivity index (χ4n) is 8.40. The van der Waals surface area contributed by atoms with E-state index < -0.39 is 232 Å². The summed E-state index contributed by atoms with van der Waals surface area (Å²) in [6, 6.07) is 0. The van der Waals surface area contributed by atoms with Gasteiger partial charge in [0, 0.05) is 0 Å². The predicted molar refractivity (Wildman–Crippen MR) is 210 cm³/mol. The minimum atomic E-state index is -5.33. The van der Waals surface area contributed by atoms with Gasteiger partial charge in [-0.05, 0) is 0 Å². The van der Waals surface area contributed by atoms with Gasteiger partial charge in [-0.3, -0.25) is 4.52 Å². The molecule has 0 aliphatic carbocycles. The maximum Gasteiger partial charge on any atom is 0.469 e. The van der Waals surface area contributed by atoms with Crippen LogP contribution in [0.4, 0.5) is 0 Å². The number of phosphoric ester groups is 1. The molecule has 0 bridgehead atoms. The first-order valence-electron chi connectivity index (χ1n) is 21.9. The number of phosphoric acid groups is 1. The van der Waals surface area contributed by atoms with E-state index in [1.807, 2.05) is 0 Å². The molecule has 416 valence electrons. The second-order valence-corrected chi connectivity index (χ2v) is 18.7. The van der Waals surface area contributed by atoms with Gasteiger partial charge in [-0.2, -0.15) is 0 Å². The highest BCUT2D eigenvalue weighted by Gasteiger charge is 2.57. The van der Waals surface area contributed by atoms with Gasteiger partial charge in [0.25, 0.3) is 0 Å². The van der Waals surface area contributed by atoms with Crippen molar-refractivity contribution in [3.05, 3.63) is 0 Å². The highest BCUT2D eigenvalue weighted by atomic mass is 31.2. The molecule has 0 aromatic carbocycles. The molecular formula is C36H63O34P. The highest BCUT2D eigenvalue weighted by Crippen LogP contribution is 2.39. The molecule has 0 radical (unpaired) electrons. The molecule has 0 aromatic heterocycles. The summed E-state index contributed by atoms with van der Waals surface area (Å²) in [5.74, 6) is 0. The Bertz CT molecular complexity index is 1690. The molecule has 30 atom stereocenters. The summed E-state index contributed by atoms with van der Waals surface area (Å²) in [6.45, 7) is -5.93. The van der Waals surface area contributed by atoms with Crippen molar-refractivity contribution in [3.63, 3.8) is 0 Å². The van der Waals surface area contributed by atoms with Gasteiger partial charge in [0.05, 0.1) is 39.6 Å². The molecule has 34 nitrogen and oxygen atoms in total. The number of aliphatic hydroxyl groups is 19. The molecule has 6 rings (SSSR count). The van der Waals surface area contributed by atoms with Gasteiger partial charge in [-0.1, -0.05) is 0 Å². The van der Waals surface area contributed by atoms with Crippen LogP contribution in [-0.2, 0) is 61.2 Å². The van der Waals surface area contributed by atoms with E-state index in [9.17, 15) is 111 Å². The number of rotatable bonds is 18. The van der Waals surface area contributed by atoms with Crippen molar-refractivity contribution < 1.29 is 168 Å². The van der Waals surface area contributed by atoms with Crippen LogP contribution in [0.15, 0.2) is 0 Å². The Morgan fingerprint density at radius 1 is 0.324 bits per heavy atom. The molecule has 0 unspecified atom stereocenters. The largest absolute Gasteiger partial charge is 0.469 e. The van der Waals surface area contributed by atoms with E-state index in [2.05, 4.69) is 4.52 Å². The van der Waals surface area contributed by atoms with Crippen LogP contribution >= 0.6 is 7.82 Å². The summed E-state index contributed by atoms with van der Waals surface area (Å²) in [7, 11) is -5.33. The van der Waals surface area contributed by atoms with Gasteiger partial charge in [-0.15, -0.1) is 0 Å². The minimum Gasteiger partial charge on any atom is -0.394 e. The monoisotopic (exact) mass is 1070 g/mol. The first kappa shape index (κ1) is 59.2. The zero-order valence-corrected chi connectivity index (χ0v) is 37.6. The maximum absolute atomic E-state index is 11.7. The zero-order chi connectivity index (χ0) is 52.5. The lowest BCUT2D eigenvalue weighted by atomic mass is 9.96. The van der Waals surface area contributed by atoms with Crippen LogP contribution < -0.4 is 0 Å². The van der Waals surface area contributed by atoms with Crippen LogP contribution in [0.1, 0.15) is 0 Å². The fourth-order valence-corrected chi connectivity index (χ4v) is 8.74. The quantitative estimate of drug-likeness (QED) is 0.0567. The summed E-state index contributed by atoms with van der Waals surface area (Å²) in [4.78, 5) is 18.7. The van der Waals surface area contributed by atoms with Crippen molar-refractivity contribution in [2.45, 2.75) is 184 Å². The fraction of sp³-hybridized carbons (Fsp3) is 1.00. The standard InChI is InChI=1S/C36H63O34P/c37-1-7-13(40)20(47)26(53)32(63-7)59-5-11-17(44)23(50)28(34(66-11)60-4-10-16(43)19(46)25(52)31(55)62-10)69-35-30(22(49)15(42)9(3-39)65-35)70-36-29(24(51)18(45)12(67-36)6-61-71(56,57)58)68-33-27(54)21(48)14(41)8(2-38)64-33/h7-55H,1-6H2,(H2,56,57,58)/t7-,8-,9-,10-,11-,12-,13-,14-,15-,16-,17-,18-,19+,20+,21+,22+,23+,24+,25+,26+,27+,28+,29+,30+,31+,32+,33-,34+,35-,36-/m1/s1. The molecule has 6 fully saturated rings. The third kappa shape index (κ3) is 13.2. The van der Waals surface area contributed by atoms with Crippen LogP contribution in [0, 0.1) is 0 Å². The number of aliphatic hydroxyl groups excluding tert-OH is 19. The van der Waals surface area contributed by atoms with Crippen LogP contribution in [0.3, 0.4) is 0 Å². The van der Waals surface area contributed by atoms with Crippen molar-refractivity contribution in [1.29, 1.82) is 0 Å². The molecular weight excluding hydrogens is 1010 g/mol. The lowest BCUT2D eigenvalue weighted by Crippen LogP contribution is -2.68. The zero-order valence-electron chi connectivity index (χ0n) is 36.7. The number of ether oxygens (including phenoxy) is 11. The molecule has 0 aromatic rings. The van der Waals surface area contributed by atoms with E-state index in [0.29, 0.717) is 0 Å². The molecule has 0 amide bonds.